The van der Waals surface area contributed by atoms with E-state index in [1.807, 2.05) is 0 Å². The van der Waals surface area contributed by atoms with Gasteiger partial charge in [-0.15, -0.1) is 0 Å². The van der Waals surface area contributed by atoms with E-state index in [4.69, 9.17) is 4.98 Å². The fraction of sp³-hybridized carbons (Fsp3) is 0.140. The van der Waals surface area contributed by atoms with E-state index in [0.29, 0.717) is 11.8 Å². The minimum Gasteiger partial charge on any atom is -0.292 e. The summed E-state index contributed by atoms with van der Waals surface area (Å²) >= 11 is 0. The van der Waals surface area contributed by atoms with Crippen molar-refractivity contribution in [1.82, 2.24) is 9.55 Å². The molecule has 0 aliphatic carbocycles. The number of benzene rings is 7. The minimum absolute atomic E-state index is 0.315. The number of imidazole rings is 1. The molecule has 2 heteroatoms. The van der Waals surface area contributed by atoms with Crippen LogP contribution in [-0.4, -0.2) is 9.55 Å². The lowest BCUT2D eigenvalue weighted by molar-refractivity contribution is 0.811. The van der Waals surface area contributed by atoms with Crippen molar-refractivity contribution in [2.24, 2.45) is 0 Å². The summed E-state index contributed by atoms with van der Waals surface area (Å²) in [6.45, 7) is 9.25. The summed E-state index contributed by atoms with van der Waals surface area (Å²) in [5.74, 6) is 1.61. The zero-order valence-electron chi connectivity index (χ0n) is 26.3. The van der Waals surface area contributed by atoms with E-state index >= 15 is 0 Å². The molecule has 218 valence electrons. The molecule has 0 bridgehead atoms. The summed E-state index contributed by atoms with van der Waals surface area (Å²) < 4.78 is 2.46. The second kappa shape index (κ2) is 10.7. The molecule has 0 radical (unpaired) electrons. The normalized spacial score (nSPS) is 12.0. The Morgan fingerprint density at radius 2 is 1.07 bits per heavy atom. The van der Waals surface area contributed by atoms with Gasteiger partial charge >= 0.3 is 0 Å². The Morgan fingerprint density at radius 3 is 1.78 bits per heavy atom. The van der Waals surface area contributed by atoms with Crippen molar-refractivity contribution in [3.8, 4) is 28.2 Å². The zero-order chi connectivity index (χ0) is 30.7. The maximum Gasteiger partial charge on any atom is 0.145 e. The average molecular weight is 581 g/mol. The SMILES string of the molecule is CC(C)c1cc(-c2ccccc2)cc(C(C)C)c1-n1c(-c2ccc3c(ccc4ccccc43)c2)nc2cc3ccccc3cc21. The first kappa shape index (κ1) is 27.3. The van der Waals surface area contributed by atoms with Crippen molar-refractivity contribution in [3.05, 3.63) is 145 Å². The monoisotopic (exact) mass is 580 g/mol. The molecule has 0 aliphatic heterocycles. The molecule has 0 unspecified atom stereocenters. The van der Waals surface area contributed by atoms with Crippen molar-refractivity contribution >= 4 is 43.4 Å². The fourth-order valence-electron chi connectivity index (χ4n) is 6.95. The van der Waals surface area contributed by atoms with E-state index in [9.17, 15) is 0 Å². The maximum atomic E-state index is 5.42. The van der Waals surface area contributed by atoms with Gasteiger partial charge in [-0.05, 0) is 96.7 Å². The van der Waals surface area contributed by atoms with Crippen LogP contribution in [0.2, 0.25) is 0 Å². The number of nitrogens with zero attached hydrogens (tertiary/aromatic N) is 2. The fourth-order valence-corrected chi connectivity index (χ4v) is 6.95. The molecule has 7 aromatic carbocycles. The molecular formula is C43H36N2. The molecular weight excluding hydrogens is 544 g/mol. The zero-order valence-corrected chi connectivity index (χ0v) is 26.3. The first-order chi connectivity index (χ1) is 22.0. The molecule has 0 fully saturated rings. The van der Waals surface area contributed by atoms with Gasteiger partial charge in [-0.2, -0.15) is 0 Å². The summed E-state index contributed by atoms with van der Waals surface area (Å²) in [7, 11) is 0. The minimum atomic E-state index is 0.315. The van der Waals surface area contributed by atoms with Gasteiger partial charge in [0.15, 0.2) is 0 Å². The standard InChI is InChI=1S/C43H36N2/c1-27(2)38-23-35(29-12-6-5-7-13-29)24-39(28(3)4)42(38)45-41-26-32-16-9-8-15-31(32)25-40(41)44-43(45)34-20-21-37-33(22-34)19-18-30-14-10-11-17-36(30)37/h5-28H,1-4H3. The Hall–Kier alpha value is -5.21. The molecule has 0 N–H and O–H groups in total. The smallest absolute Gasteiger partial charge is 0.145 e. The predicted molar refractivity (Wildman–Crippen MR) is 193 cm³/mol. The molecule has 0 amide bonds. The van der Waals surface area contributed by atoms with E-state index in [1.54, 1.807) is 0 Å². The number of aromatic nitrogens is 2. The summed E-state index contributed by atoms with van der Waals surface area (Å²) in [5.41, 5.74) is 9.70. The Balaban J connectivity index is 1.47. The Labute approximate surface area is 264 Å². The Morgan fingerprint density at radius 1 is 0.467 bits per heavy atom. The van der Waals surface area contributed by atoms with E-state index in [1.165, 1.54) is 60.3 Å². The van der Waals surface area contributed by atoms with Crippen molar-refractivity contribution < 1.29 is 0 Å². The van der Waals surface area contributed by atoms with Gasteiger partial charge in [0.05, 0.1) is 16.7 Å². The van der Waals surface area contributed by atoms with Gasteiger partial charge in [0, 0.05) is 5.56 Å². The van der Waals surface area contributed by atoms with Crippen LogP contribution in [0.15, 0.2) is 133 Å². The molecule has 0 aliphatic rings. The van der Waals surface area contributed by atoms with Gasteiger partial charge in [0.25, 0.3) is 0 Å². The van der Waals surface area contributed by atoms with Crippen LogP contribution in [0.4, 0.5) is 0 Å². The van der Waals surface area contributed by atoms with Crippen molar-refractivity contribution in [2.75, 3.05) is 0 Å². The molecule has 2 nitrogen and oxygen atoms in total. The summed E-state index contributed by atoms with van der Waals surface area (Å²) in [4.78, 5) is 5.42. The van der Waals surface area contributed by atoms with Crippen LogP contribution in [-0.2, 0) is 0 Å². The van der Waals surface area contributed by atoms with E-state index < -0.39 is 0 Å². The van der Waals surface area contributed by atoms with Gasteiger partial charge in [-0.25, -0.2) is 4.98 Å². The highest BCUT2D eigenvalue weighted by Crippen LogP contribution is 2.41. The van der Waals surface area contributed by atoms with E-state index in [2.05, 4.69) is 166 Å². The molecule has 0 saturated heterocycles. The largest absolute Gasteiger partial charge is 0.292 e. The molecule has 8 rings (SSSR count). The van der Waals surface area contributed by atoms with Crippen LogP contribution in [0.5, 0.6) is 0 Å². The van der Waals surface area contributed by atoms with Gasteiger partial charge in [0.1, 0.15) is 5.82 Å². The lowest BCUT2D eigenvalue weighted by Gasteiger charge is -2.24. The van der Waals surface area contributed by atoms with Gasteiger partial charge in [-0.1, -0.05) is 131 Å². The second-order valence-electron chi connectivity index (χ2n) is 12.9. The lowest BCUT2D eigenvalue weighted by Crippen LogP contribution is -2.09. The number of hydrogen-bond acceptors (Lipinski definition) is 1. The highest BCUT2D eigenvalue weighted by atomic mass is 15.1. The summed E-state index contributed by atoms with van der Waals surface area (Å²) in [6, 6.07) is 48.8. The third-order valence-corrected chi connectivity index (χ3v) is 9.27. The van der Waals surface area contributed by atoms with Crippen LogP contribution in [0.25, 0.3) is 71.6 Å². The van der Waals surface area contributed by atoms with Gasteiger partial charge in [-0.3, -0.25) is 4.57 Å². The van der Waals surface area contributed by atoms with Crippen LogP contribution < -0.4 is 0 Å². The molecule has 0 atom stereocenters. The van der Waals surface area contributed by atoms with E-state index in [0.717, 1.165) is 22.4 Å². The van der Waals surface area contributed by atoms with Crippen molar-refractivity contribution in [1.29, 1.82) is 0 Å². The first-order valence-corrected chi connectivity index (χ1v) is 16.0. The topological polar surface area (TPSA) is 17.8 Å². The van der Waals surface area contributed by atoms with Crippen molar-refractivity contribution in [3.63, 3.8) is 0 Å². The number of rotatable bonds is 5. The maximum absolute atomic E-state index is 5.42. The van der Waals surface area contributed by atoms with Crippen LogP contribution in [0, 0.1) is 0 Å². The highest BCUT2D eigenvalue weighted by Gasteiger charge is 2.24. The molecule has 0 saturated carbocycles. The van der Waals surface area contributed by atoms with Gasteiger partial charge in [0.2, 0.25) is 0 Å². The molecule has 45 heavy (non-hydrogen) atoms. The Bertz CT molecular complexity index is 2350. The predicted octanol–water partition coefficient (Wildman–Crippen LogP) is 12.1. The number of fused-ring (bicyclic) bond motifs is 5. The summed E-state index contributed by atoms with van der Waals surface area (Å²) in [6.07, 6.45) is 0. The molecule has 8 aromatic rings. The van der Waals surface area contributed by atoms with Crippen LogP contribution in [0.1, 0.15) is 50.7 Å². The summed E-state index contributed by atoms with van der Waals surface area (Å²) in [5, 5.41) is 7.46. The van der Waals surface area contributed by atoms with Gasteiger partial charge < -0.3 is 0 Å². The molecule has 1 heterocycles. The third kappa shape index (κ3) is 4.60. The van der Waals surface area contributed by atoms with Crippen LogP contribution in [0.3, 0.4) is 0 Å². The van der Waals surface area contributed by atoms with Crippen molar-refractivity contribution in [2.45, 2.75) is 39.5 Å². The van der Waals surface area contributed by atoms with E-state index in [-0.39, 0.29) is 0 Å². The average Bonchev–Trinajstić information content (AvgIpc) is 3.44. The third-order valence-electron chi connectivity index (χ3n) is 9.27. The number of hydrogen-bond donors (Lipinski definition) is 0. The Kier molecular flexibility index (Phi) is 6.53. The lowest BCUT2D eigenvalue weighted by atomic mass is 9.88. The quantitative estimate of drug-likeness (QED) is 0.185. The molecule has 1 aromatic heterocycles. The highest BCUT2D eigenvalue weighted by molar-refractivity contribution is 6.08. The molecule has 0 spiro atoms. The second-order valence-corrected chi connectivity index (χ2v) is 12.9. The first-order valence-electron chi connectivity index (χ1n) is 16.0. The van der Waals surface area contributed by atoms with Crippen LogP contribution >= 0.6 is 0 Å².